The lowest BCUT2D eigenvalue weighted by Crippen LogP contribution is -2.36. The molecule has 3 rings (SSSR count). The number of amides is 1. The zero-order valence-corrected chi connectivity index (χ0v) is 14.8. The van der Waals surface area contributed by atoms with E-state index in [1.807, 2.05) is 41.9 Å². The number of aromatic nitrogens is 3. The van der Waals surface area contributed by atoms with Gasteiger partial charge < -0.3 is 9.88 Å². The summed E-state index contributed by atoms with van der Waals surface area (Å²) in [5, 5.41) is 11.7. The number of rotatable bonds is 5. The largest absolute Gasteiger partial charge is 0.352 e. The number of nitrogens with one attached hydrogen (secondary N) is 1. The second-order valence-electron chi connectivity index (χ2n) is 5.69. The molecular weight excluding hydrogens is 348 g/mol. The van der Waals surface area contributed by atoms with E-state index in [9.17, 15) is 13.2 Å². The highest BCUT2D eigenvalue weighted by atomic mass is 32.2. The predicted molar refractivity (Wildman–Crippen MR) is 92.4 cm³/mol. The fraction of sp³-hybridized carbons (Fsp3) is 0.400. The molecule has 2 heterocycles. The maximum atomic E-state index is 12.0. The lowest BCUT2D eigenvalue weighted by molar-refractivity contribution is -0.119. The minimum absolute atomic E-state index is 0.0333. The summed E-state index contributed by atoms with van der Waals surface area (Å²) in [6, 6.07) is 9.42. The monoisotopic (exact) mass is 366 g/mol. The number of hydrogen-bond donors (Lipinski definition) is 1. The Labute approximate surface area is 144 Å². The van der Waals surface area contributed by atoms with Crippen molar-refractivity contribution in [1.82, 2.24) is 20.1 Å². The Bertz CT molecular complexity index is 834. The average molecular weight is 366 g/mol. The number of hydrogen-bond acceptors (Lipinski definition) is 6. The number of carbonyl (C=O) groups is 1. The Hall–Kier alpha value is -1.87. The van der Waals surface area contributed by atoms with Crippen LogP contribution in [0.3, 0.4) is 0 Å². The van der Waals surface area contributed by atoms with Crippen LogP contribution in [0.5, 0.6) is 0 Å². The van der Waals surface area contributed by atoms with E-state index >= 15 is 0 Å². The van der Waals surface area contributed by atoms with Crippen LogP contribution >= 0.6 is 11.8 Å². The van der Waals surface area contributed by atoms with Gasteiger partial charge in [-0.25, -0.2) is 8.42 Å². The van der Waals surface area contributed by atoms with Crippen molar-refractivity contribution < 1.29 is 13.2 Å². The molecule has 0 bridgehead atoms. The predicted octanol–water partition coefficient (Wildman–Crippen LogP) is 0.877. The van der Waals surface area contributed by atoms with Gasteiger partial charge in [0, 0.05) is 18.7 Å². The SMILES string of the molecule is Cn1c(SCC(=O)N[C@H]2CCS(=O)(=O)C2)nnc1-c1ccccc1. The molecule has 0 radical (unpaired) electrons. The van der Waals surface area contributed by atoms with Crippen LogP contribution in [0.2, 0.25) is 0 Å². The number of carbonyl (C=O) groups excluding carboxylic acids is 1. The highest BCUT2D eigenvalue weighted by Crippen LogP contribution is 2.22. The Kier molecular flexibility index (Phi) is 4.91. The molecule has 1 atom stereocenters. The molecule has 0 unspecified atom stereocenters. The van der Waals surface area contributed by atoms with Gasteiger partial charge in [-0.15, -0.1) is 10.2 Å². The Balaban J connectivity index is 1.57. The van der Waals surface area contributed by atoms with E-state index in [-0.39, 0.29) is 29.2 Å². The second kappa shape index (κ2) is 6.94. The van der Waals surface area contributed by atoms with E-state index in [4.69, 9.17) is 0 Å². The fourth-order valence-corrected chi connectivity index (χ4v) is 4.98. The minimum Gasteiger partial charge on any atom is -0.352 e. The molecular formula is C15H18N4O3S2. The first kappa shape index (κ1) is 17.0. The van der Waals surface area contributed by atoms with Gasteiger partial charge in [-0.05, 0) is 6.42 Å². The minimum atomic E-state index is -2.99. The van der Waals surface area contributed by atoms with Crippen molar-refractivity contribution in [1.29, 1.82) is 0 Å². The summed E-state index contributed by atoms with van der Waals surface area (Å²) >= 11 is 1.28. The van der Waals surface area contributed by atoms with Gasteiger partial charge in [-0.3, -0.25) is 4.79 Å². The third-order valence-electron chi connectivity index (χ3n) is 3.80. The Morgan fingerprint density at radius 2 is 2.08 bits per heavy atom. The highest BCUT2D eigenvalue weighted by molar-refractivity contribution is 7.99. The average Bonchev–Trinajstić information content (AvgIpc) is 3.08. The molecule has 0 aliphatic carbocycles. The van der Waals surface area contributed by atoms with Gasteiger partial charge in [0.25, 0.3) is 0 Å². The molecule has 1 fully saturated rings. The first-order chi connectivity index (χ1) is 11.4. The molecule has 1 saturated heterocycles. The van der Waals surface area contributed by atoms with E-state index in [1.165, 1.54) is 11.8 Å². The van der Waals surface area contributed by atoms with Crippen LogP contribution in [0.25, 0.3) is 11.4 Å². The van der Waals surface area contributed by atoms with E-state index < -0.39 is 9.84 Å². The molecule has 1 aliphatic heterocycles. The van der Waals surface area contributed by atoms with Gasteiger partial charge in [-0.2, -0.15) is 0 Å². The zero-order chi connectivity index (χ0) is 17.2. The van der Waals surface area contributed by atoms with Gasteiger partial charge in [0.2, 0.25) is 5.91 Å². The van der Waals surface area contributed by atoms with Crippen molar-refractivity contribution in [2.24, 2.45) is 7.05 Å². The topological polar surface area (TPSA) is 94.0 Å². The maximum absolute atomic E-state index is 12.0. The number of thioether (sulfide) groups is 1. The molecule has 1 aliphatic rings. The van der Waals surface area contributed by atoms with E-state index in [1.54, 1.807) is 0 Å². The fourth-order valence-electron chi connectivity index (χ4n) is 2.59. The third kappa shape index (κ3) is 3.96. The standard InChI is InChI=1S/C15H18N4O3S2/c1-19-14(11-5-3-2-4-6-11)17-18-15(19)23-9-13(20)16-12-7-8-24(21,22)10-12/h2-6,12H,7-10H2,1H3,(H,16,20)/t12-/m0/s1. The smallest absolute Gasteiger partial charge is 0.230 e. The molecule has 1 aromatic carbocycles. The van der Waals surface area contributed by atoms with Crippen molar-refractivity contribution in [3.05, 3.63) is 30.3 Å². The summed E-state index contributed by atoms with van der Waals surface area (Å²) < 4.78 is 24.7. The quantitative estimate of drug-likeness (QED) is 0.790. The van der Waals surface area contributed by atoms with Crippen LogP contribution < -0.4 is 5.32 Å². The van der Waals surface area contributed by atoms with Crippen LogP contribution in [-0.4, -0.2) is 52.4 Å². The summed E-state index contributed by atoms with van der Waals surface area (Å²) in [4.78, 5) is 12.0. The molecule has 128 valence electrons. The number of sulfone groups is 1. The van der Waals surface area contributed by atoms with Crippen molar-refractivity contribution in [3.63, 3.8) is 0 Å². The lowest BCUT2D eigenvalue weighted by Gasteiger charge is -2.10. The summed E-state index contributed by atoms with van der Waals surface area (Å²) in [6.45, 7) is 0. The highest BCUT2D eigenvalue weighted by Gasteiger charge is 2.28. The van der Waals surface area contributed by atoms with E-state index in [0.717, 1.165) is 11.4 Å². The summed E-state index contributed by atoms with van der Waals surface area (Å²) in [7, 11) is -1.14. The van der Waals surface area contributed by atoms with E-state index in [0.29, 0.717) is 11.6 Å². The molecule has 0 spiro atoms. The Morgan fingerprint density at radius 3 is 2.75 bits per heavy atom. The number of nitrogens with zero attached hydrogens (tertiary/aromatic N) is 3. The van der Waals surface area contributed by atoms with Crippen molar-refractivity contribution in [3.8, 4) is 11.4 Å². The van der Waals surface area contributed by atoms with Gasteiger partial charge in [0.15, 0.2) is 20.8 Å². The van der Waals surface area contributed by atoms with Gasteiger partial charge in [0.1, 0.15) is 0 Å². The maximum Gasteiger partial charge on any atom is 0.230 e. The van der Waals surface area contributed by atoms with Crippen molar-refractivity contribution >= 4 is 27.5 Å². The van der Waals surface area contributed by atoms with E-state index in [2.05, 4.69) is 15.5 Å². The molecule has 7 nitrogen and oxygen atoms in total. The molecule has 1 amide bonds. The lowest BCUT2D eigenvalue weighted by atomic mass is 10.2. The number of benzene rings is 1. The molecule has 1 N–H and O–H groups in total. The van der Waals surface area contributed by atoms with Gasteiger partial charge in [-0.1, -0.05) is 42.1 Å². The van der Waals surface area contributed by atoms with Gasteiger partial charge >= 0.3 is 0 Å². The normalized spacial score (nSPS) is 19.3. The summed E-state index contributed by atoms with van der Waals surface area (Å²) in [6.07, 6.45) is 0.487. The van der Waals surface area contributed by atoms with Crippen molar-refractivity contribution in [2.45, 2.75) is 17.6 Å². The molecule has 9 heteroatoms. The van der Waals surface area contributed by atoms with Crippen LogP contribution in [0, 0.1) is 0 Å². The third-order valence-corrected chi connectivity index (χ3v) is 6.58. The summed E-state index contributed by atoms with van der Waals surface area (Å²) in [5.41, 5.74) is 0.958. The van der Waals surface area contributed by atoms with Crippen molar-refractivity contribution in [2.75, 3.05) is 17.3 Å². The Morgan fingerprint density at radius 1 is 1.33 bits per heavy atom. The van der Waals surface area contributed by atoms with Crippen LogP contribution in [0.15, 0.2) is 35.5 Å². The molecule has 24 heavy (non-hydrogen) atoms. The first-order valence-corrected chi connectivity index (χ1v) is 10.3. The van der Waals surface area contributed by atoms with Crippen LogP contribution in [0.1, 0.15) is 6.42 Å². The van der Waals surface area contributed by atoms with Gasteiger partial charge in [0.05, 0.1) is 17.3 Å². The molecule has 2 aromatic rings. The second-order valence-corrected chi connectivity index (χ2v) is 8.86. The zero-order valence-electron chi connectivity index (χ0n) is 13.2. The molecule has 1 aromatic heterocycles. The first-order valence-electron chi connectivity index (χ1n) is 7.52. The molecule has 0 saturated carbocycles. The van der Waals surface area contributed by atoms with Crippen LogP contribution in [-0.2, 0) is 21.7 Å². The summed E-state index contributed by atoms with van der Waals surface area (Å²) in [5.74, 6) is 0.907. The van der Waals surface area contributed by atoms with Crippen LogP contribution in [0.4, 0.5) is 0 Å².